The van der Waals surface area contributed by atoms with E-state index < -0.39 is 17.7 Å². The molecule has 7 heteroatoms. The summed E-state index contributed by atoms with van der Waals surface area (Å²) < 4.78 is 10.9. The summed E-state index contributed by atoms with van der Waals surface area (Å²) in [6.07, 6.45) is 1.50. The number of likely N-dealkylation sites (tertiary alicyclic amines) is 1. The Morgan fingerprint density at radius 3 is 2.48 bits per heavy atom. The van der Waals surface area contributed by atoms with Crippen LogP contribution in [0.3, 0.4) is 0 Å². The van der Waals surface area contributed by atoms with Gasteiger partial charge in [0.15, 0.2) is 0 Å². The van der Waals surface area contributed by atoms with E-state index in [1.54, 1.807) is 24.3 Å². The Kier molecular flexibility index (Phi) is 5.51. The SMILES string of the molecule is Cc1ccc(/C(O)=C2\C(=O)C(=O)N(CCN3CCOCC3)C2c2ccco2)cc1. The number of morpholine rings is 1. The minimum atomic E-state index is -0.743. The van der Waals surface area contributed by atoms with Gasteiger partial charge in [-0.25, -0.2) is 0 Å². The highest BCUT2D eigenvalue weighted by atomic mass is 16.5. The average Bonchev–Trinajstić information content (AvgIpc) is 3.35. The average molecular weight is 396 g/mol. The van der Waals surface area contributed by atoms with E-state index in [1.807, 2.05) is 19.1 Å². The molecule has 1 unspecified atom stereocenters. The van der Waals surface area contributed by atoms with Gasteiger partial charge >= 0.3 is 0 Å². The summed E-state index contributed by atoms with van der Waals surface area (Å²) in [4.78, 5) is 29.4. The van der Waals surface area contributed by atoms with Crippen LogP contribution in [0.2, 0.25) is 0 Å². The van der Waals surface area contributed by atoms with Crippen molar-refractivity contribution in [3.8, 4) is 0 Å². The Bertz CT molecular complexity index is 911. The first-order valence-electron chi connectivity index (χ1n) is 9.75. The molecule has 0 saturated carbocycles. The summed E-state index contributed by atoms with van der Waals surface area (Å²) in [5, 5.41) is 10.9. The molecule has 0 spiro atoms. The summed E-state index contributed by atoms with van der Waals surface area (Å²) in [5.41, 5.74) is 1.60. The van der Waals surface area contributed by atoms with Crippen LogP contribution in [-0.2, 0) is 14.3 Å². The maximum atomic E-state index is 12.9. The van der Waals surface area contributed by atoms with E-state index in [-0.39, 0.29) is 11.3 Å². The minimum absolute atomic E-state index is 0.0655. The zero-order chi connectivity index (χ0) is 20.4. The number of furan rings is 1. The van der Waals surface area contributed by atoms with E-state index in [2.05, 4.69) is 4.90 Å². The van der Waals surface area contributed by atoms with Crippen molar-refractivity contribution < 1.29 is 23.8 Å². The molecule has 1 N–H and O–H groups in total. The van der Waals surface area contributed by atoms with Gasteiger partial charge in [-0.2, -0.15) is 0 Å². The summed E-state index contributed by atoms with van der Waals surface area (Å²) >= 11 is 0. The lowest BCUT2D eigenvalue weighted by Crippen LogP contribution is -2.42. The minimum Gasteiger partial charge on any atom is -0.507 e. The number of benzene rings is 1. The van der Waals surface area contributed by atoms with Gasteiger partial charge in [-0.3, -0.25) is 14.5 Å². The number of carbonyl (C=O) groups is 2. The molecule has 3 heterocycles. The fourth-order valence-electron chi connectivity index (χ4n) is 3.79. The zero-order valence-electron chi connectivity index (χ0n) is 16.3. The third-order valence-electron chi connectivity index (χ3n) is 5.44. The zero-order valence-corrected chi connectivity index (χ0v) is 16.3. The number of aryl methyl sites for hydroxylation is 1. The van der Waals surface area contributed by atoms with Crippen LogP contribution in [0.1, 0.15) is 22.9 Å². The molecular weight excluding hydrogens is 372 g/mol. The van der Waals surface area contributed by atoms with Crippen LogP contribution in [0.15, 0.2) is 52.7 Å². The molecule has 2 aromatic rings. The lowest BCUT2D eigenvalue weighted by Gasteiger charge is -2.30. The third-order valence-corrected chi connectivity index (χ3v) is 5.44. The molecule has 0 radical (unpaired) electrons. The Morgan fingerprint density at radius 2 is 1.83 bits per heavy atom. The van der Waals surface area contributed by atoms with Gasteiger partial charge in [0.2, 0.25) is 0 Å². The number of ketones is 1. The van der Waals surface area contributed by atoms with Gasteiger partial charge in [-0.15, -0.1) is 0 Å². The molecule has 29 heavy (non-hydrogen) atoms. The molecule has 0 aliphatic carbocycles. The number of nitrogens with zero attached hydrogens (tertiary/aromatic N) is 2. The fraction of sp³-hybridized carbons (Fsp3) is 0.364. The second kappa shape index (κ2) is 8.23. The molecule has 4 rings (SSSR count). The van der Waals surface area contributed by atoms with Crippen LogP contribution in [0.5, 0.6) is 0 Å². The molecule has 1 amide bonds. The quantitative estimate of drug-likeness (QED) is 0.475. The third kappa shape index (κ3) is 3.83. The topological polar surface area (TPSA) is 83.2 Å². The maximum Gasteiger partial charge on any atom is 0.295 e. The molecular formula is C22H24N2O5. The van der Waals surface area contributed by atoms with Gasteiger partial charge in [-0.1, -0.05) is 29.8 Å². The Balaban J connectivity index is 1.68. The van der Waals surface area contributed by atoms with Crippen molar-refractivity contribution in [3.05, 3.63) is 65.1 Å². The second-order valence-electron chi connectivity index (χ2n) is 7.33. The molecule has 2 aliphatic rings. The molecule has 2 fully saturated rings. The molecule has 0 bridgehead atoms. The highest BCUT2D eigenvalue weighted by Crippen LogP contribution is 2.39. The van der Waals surface area contributed by atoms with Gasteiger partial charge in [-0.05, 0) is 19.1 Å². The number of amides is 1. The first kappa shape index (κ1) is 19.4. The van der Waals surface area contributed by atoms with Crippen LogP contribution in [0, 0.1) is 6.92 Å². The van der Waals surface area contributed by atoms with Crippen LogP contribution in [0.25, 0.3) is 5.76 Å². The molecule has 1 atom stereocenters. The molecule has 1 aromatic carbocycles. The number of aliphatic hydroxyl groups is 1. The first-order chi connectivity index (χ1) is 14.1. The van der Waals surface area contributed by atoms with Crippen molar-refractivity contribution in [3.63, 3.8) is 0 Å². The van der Waals surface area contributed by atoms with Gasteiger partial charge in [0, 0.05) is 31.7 Å². The van der Waals surface area contributed by atoms with Crippen LogP contribution in [-0.4, -0.2) is 66.0 Å². The van der Waals surface area contributed by atoms with Gasteiger partial charge in [0.1, 0.15) is 17.6 Å². The predicted molar refractivity (Wildman–Crippen MR) is 106 cm³/mol. The largest absolute Gasteiger partial charge is 0.507 e. The highest BCUT2D eigenvalue weighted by molar-refractivity contribution is 6.46. The number of carbonyl (C=O) groups excluding carboxylic acids is 2. The number of Topliss-reactive ketones (excluding diaryl/α,β-unsaturated/α-hetero) is 1. The van der Waals surface area contributed by atoms with Crippen LogP contribution < -0.4 is 0 Å². The van der Waals surface area contributed by atoms with Crippen molar-refractivity contribution in [1.82, 2.24) is 9.80 Å². The number of ether oxygens (including phenoxy) is 1. The van der Waals surface area contributed by atoms with Gasteiger partial charge in [0.05, 0.1) is 25.1 Å². The Labute approximate surface area is 169 Å². The maximum absolute atomic E-state index is 12.9. The van der Waals surface area contributed by atoms with Gasteiger partial charge in [0.25, 0.3) is 11.7 Å². The van der Waals surface area contributed by atoms with E-state index in [9.17, 15) is 14.7 Å². The van der Waals surface area contributed by atoms with Crippen molar-refractivity contribution in [1.29, 1.82) is 0 Å². The summed E-state index contributed by atoms with van der Waals surface area (Å²) in [6.45, 7) is 5.83. The number of hydrogen-bond acceptors (Lipinski definition) is 6. The van der Waals surface area contributed by atoms with Gasteiger partial charge < -0.3 is 19.2 Å². The summed E-state index contributed by atoms with van der Waals surface area (Å²) in [7, 11) is 0. The normalized spacial score (nSPS) is 22.4. The van der Waals surface area contributed by atoms with Crippen molar-refractivity contribution >= 4 is 17.4 Å². The van der Waals surface area contributed by atoms with Crippen LogP contribution >= 0.6 is 0 Å². The fourth-order valence-corrected chi connectivity index (χ4v) is 3.79. The second-order valence-corrected chi connectivity index (χ2v) is 7.33. The monoisotopic (exact) mass is 396 g/mol. The van der Waals surface area contributed by atoms with Crippen LogP contribution in [0.4, 0.5) is 0 Å². The van der Waals surface area contributed by atoms with Crippen molar-refractivity contribution in [2.24, 2.45) is 0 Å². The Hall–Kier alpha value is -2.90. The van der Waals surface area contributed by atoms with Crippen molar-refractivity contribution in [2.75, 3.05) is 39.4 Å². The van der Waals surface area contributed by atoms with E-state index in [0.717, 1.165) is 18.7 Å². The number of aliphatic hydroxyl groups excluding tert-OH is 1. The number of rotatable bonds is 5. The standard InChI is InChI=1S/C22H24N2O5/c1-15-4-6-16(7-5-15)20(25)18-19(17-3-2-12-29-17)24(22(27)21(18)26)9-8-23-10-13-28-14-11-23/h2-7,12,19,25H,8-11,13-14H2,1H3/b20-18+. The number of hydrogen-bond donors (Lipinski definition) is 1. The lowest BCUT2D eigenvalue weighted by molar-refractivity contribution is -0.140. The molecule has 2 saturated heterocycles. The van der Waals surface area contributed by atoms with E-state index in [4.69, 9.17) is 9.15 Å². The molecule has 7 nitrogen and oxygen atoms in total. The smallest absolute Gasteiger partial charge is 0.295 e. The highest BCUT2D eigenvalue weighted by Gasteiger charge is 2.47. The predicted octanol–water partition coefficient (Wildman–Crippen LogP) is 2.34. The lowest BCUT2D eigenvalue weighted by atomic mass is 9.99. The molecule has 1 aromatic heterocycles. The molecule has 2 aliphatic heterocycles. The first-order valence-corrected chi connectivity index (χ1v) is 9.75. The summed E-state index contributed by atoms with van der Waals surface area (Å²) in [5.74, 6) is -1.03. The molecule has 152 valence electrons. The van der Waals surface area contributed by atoms with E-state index in [0.29, 0.717) is 37.6 Å². The van der Waals surface area contributed by atoms with Crippen molar-refractivity contribution in [2.45, 2.75) is 13.0 Å². The van der Waals surface area contributed by atoms with E-state index in [1.165, 1.54) is 11.2 Å². The summed E-state index contributed by atoms with van der Waals surface area (Å²) in [6, 6.07) is 9.88. The van der Waals surface area contributed by atoms with E-state index >= 15 is 0 Å². The Morgan fingerprint density at radius 1 is 1.10 bits per heavy atom.